The summed E-state index contributed by atoms with van der Waals surface area (Å²) in [5, 5.41) is 16.6. The third-order valence-corrected chi connectivity index (χ3v) is 1.13. The first-order valence-electron chi connectivity index (χ1n) is 4.79. The van der Waals surface area contributed by atoms with Gasteiger partial charge in [0.25, 0.3) is 0 Å². The molecule has 0 aliphatic carbocycles. The average molecular weight is 246 g/mol. The van der Waals surface area contributed by atoms with Gasteiger partial charge >= 0.3 is 11.9 Å². The average Bonchev–Trinajstić information content (AvgIpc) is 2.25. The van der Waals surface area contributed by atoms with Crippen LogP contribution in [0.3, 0.4) is 0 Å². The zero-order chi connectivity index (χ0) is 13.8. The first-order valence-corrected chi connectivity index (χ1v) is 4.79. The lowest BCUT2D eigenvalue weighted by Crippen LogP contribution is -2.13. The molecule has 98 valence electrons. The molecule has 6 heteroatoms. The minimum atomic E-state index is -1.05. The van der Waals surface area contributed by atoms with Crippen molar-refractivity contribution in [3.63, 3.8) is 0 Å². The molecule has 1 unspecified atom stereocenters. The van der Waals surface area contributed by atoms with E-state index in [-0.39, 0.29) is 18.8 Å². The Morgan fingerprint density at radius 2 is 2.00 bits per heavy atom. The Bertz CT molecular complexity index is 269. The zero-order valence-corrected chi connectivity index (χ0v) is 10.0. The van der Waals surface area contributed by atoms with Crippen LogP contribution in [-0.4, -0.2) is 41.7 Å². The second-order valence-electron chi connectivity index (χ2n) is 2.88. The van der Waals surface area contributed by atoms with E-state index in [2.05, 4.69) is 22.6 Å². The lowest BCUT2D eigenvalue weighted by Gasteiger charge is -2.04. The molecule has 0 aromatic carbocycles. The van der Waals surface area contributed by atoms with E-state index in [9.17, 15) is 9.59 Å². The summed E-state index contributed by atoms with van der Waals surface area (Å²) in [6.45, 7) is 9.27. The number of rotatable bonds is 5. The van der Waals surface area contributed by atoms with Crippen molar-refractivity contribution in [2.45, 2.75) is 20.1 Å². The van der Waals surface area contributed by atoms with Gasteiger partial charge in [-0.2, -0.15) is 0 Å². The second kappa shape index (κ2) is 10.8. The van der Waals surface area contributed by atoms with Gasteiger partial charge in [-0.15, -0.1) is 0 Å². The van der Waals surface area contributed by atoms with E-state index in [4.69, 9.17) is 10.2 Å². The molecule has 0 aliphatic rings. The van der Waals surface area contributed by atoms with Gasteiger partial charge in [-0.05, 0) is 13.8 Å². The Kier molecular flexibility index (Phi) is 11.3. The Balaban J connectivity index is 0. The molecule has 2 N–H and O–H groups in total. The standard InChI is InChI=1S/C6H10O3.C5H8O3/c1-4(2)6(8)9-5(3)7;1-2-5(7)8-4-3-6/h5,7H,1H2,2-3H3;2,6H,1,3-4H2. The van der Waals surface area contributed by atoms with Crippen molar-refractivity contribution in [3.8, 4) is 0 Å². The zero-order valence-electron chi connectivity index (χ0n) is 10.0. The molecule has 6 nitrogen and oxygen atoms in total. The number of aliphatic hydroxyl groups is 2. The molecule has 0 saturated heterocycles. The van der Waals surface area contributed by atoms with Crippen molar-refractivity contribution in [1.82, 2.24) is 0 Å². The van der Waals surface area contributed by atoms with Gasteiger partial charge in [0.2, 0.25) is 0 Å². The lowest BCUT2D eigenvalue weighted by atomic mass is 10.4. The number of esters is 2. The van der Waals surface area contributed by atoms with Crippen molar-refractivity contribution in [1.29, 1.82) is 0 Å². The highest BCUT2D eigenvalue weighted by Crippen LogP contribution is 1.94. The number of aliphatic hydroxyl groups excluding tert-OH is 2. The van der Waals surface area contributed by atoms with Crippen LogP contribution in [0, 0.1) is 0 Å². The highest BCUT2D eigenvalue weighted by atomic mass is 16.6. The van der Waals surface area contributed by atoms with Gasteiger partial charge in [-0.25, -0.2) is 9.59 Å². The molecule has 17 heavy (non-hydrogen) atoms. The maximum absolute atomic E-state index is 10.5. The van der Waals surface area contributed by atoms with Crippen LogP contribution in [-0.2, 0) is 19.1 Å². The minimum Gasteiger partial charge on any atom is -0.460 e. The molecule has 0 fully saturated rings. The van der Waals surface area contributed by atoms with Gasteiger partial charge in [-0.3, -0.25) is 0 Å². The summed E-state index contributed by atoms with van der Waals surface area (Å²) in [5.74, 6) is -1.07. The van der Waals surface area contributed by atoms with Crippen LogP contribution < -0.4 is 0 Å². The van der Waals surface area contributed by atoms with Crippen LogP contribution in [0.5, 0.6) is 0 Å². The lowest BCUT2D eigenvalue weighted by molar-refractivity contribution is -0.159. The largest absolute Gasteiger partial charge is 0.460 e. The van der Waals surface area contributed by atoms with Crippen molar-refractivity contribution >= 4 is 11.9 Å². The fourth-order valence-electron chi connectivity index (χ4n) is 0.461. The van der Waals surface area contributed by atoms with Gasteiger partial charge in [0.15, 0.2) is 6.29 Å². The van der Waals surface area contributed by atoms with E-state index in [0.717, 1.165) is 6.08 Å². The number of ether oxygens (including phenoxy) is 2. The van der Waals surface area contributed by atoms with Gasteiger partial charge in [0, 0.05) is 11.6 Å². The van der Waals surface area contributed by atoms with E-state index in [1.165, 1.54) is 13.8 Å². The van der Waals surface area contributed by atoms with Gasteiger partial charge < -0.3 is 19.7 Å². The molecular weight excluding hydrogens is 228 g/mol. The topological polar surface area (TPSA) is 93.1 Å². The van der Waals surface area contributed by atoms with Gasteiger partial charge in [0.1, 0.15) is 6.61 Å². The van der Waals surface area contributed by atoms with Crippen molar-refractivity contribution < 1.29 is 29.3 Å². The molecule has 1 atom stereocenters. The third kappa shape index (κ3) is 14.3. The molecule has 0 rings (SSSR count). The summed E-state index contributed by atoms with van der Waals surface area (Å²) in [4.78, 5) is 20.6. The fraction of sp³-hybridized carbons (Fsp3) is 0.455. The Morgan fingerprint density at radius 3 is 2.24 bits per heavy atom. The molecule has 0 aromatic heterocycles. The van der Waals surface area contributed by atoms with E-state index in [1.807, 2.05) is 0 Å². The van der Waals surface area contributed by atoms with Crippen LogP contribution in [0.2, 0.25) is 0 Å². The summed E-state index contributed by atoms with van der Waals surface area (Å²) in [5.41, 5.74) is 0.288. The predicted octanol–water partition coefficient (Wildman–Crippen LogP) is 0.152. The van der Waals surface area contributed by atoms with Crippen LogP contribution in [0.1, 0.15) is 13.8 Å². The smallest absolute Gasteiger partial charge is 0.335 e. The van der Waals surface area contributed by atoms with Gasteiger partial charge in [0.05, 0.1) is 6.61 Å². The van der Waals surface area contributed by atoms with E-state index < -0.39 is 18.2 Å². The molecule has 0 heterocycles. The van der Waals surface area contributed by atoms with Gasteiger partial charge in [-0.1, -0.05) is 13.2 Å². The molecule has 0 spiro atoms. The third-order valence-electron chi connectivity index (χ3n) is 1.13. The van der Waals surface area contributed by atoms with Crippen molar-refractivity contribution in [2.75, 3.05) is 13.2 Å². The quantitative estimate of drug-likeness (QED) is 0.407. The maximum Gasteiger partial charge on any atom is 0.335 e. The SMILES string of the molecule is C=C(C)C(=O)OC(C)O.C=CC(=O)OCCO. The number of carbonyl (C=O) groups is 2. The fourth-order valence-corrected chi connectivity index (χ4v) is 0.461. The Morgan fingerprint density at radius 1 is 1.47 bits per heavy atom. The second-order valence-corrected chi connectivity index (χ2v) is 2.88. The number of carbonyl (C=O) groups excluding carboxylic acids is 2. The highest BCUT2D eigenvalue weighted by Gasteiger charge is 2.04. The van der Waals surface area contributed by atoms with E-state index in [1.54, 1.807) is 0 Å². The van der Waals surface area contributed by atoms with E-state index >= 15 is 0 Å². The summed E-state index contributed by atoms with van der Waals surface area (Å²) in [7, 11) is 0. The molecular formula is C11H18O6. The molecule has 0 bridgehead atoms. The molecule has 0 radical (unpaired) electrons. The Hall–Kier alpha value is -1.66. The predicted molar refractivity (Wildman–Crippen MR) is 60.8 cm³/mol. The monoisotopic (exact) mass is 246 g/mol. The van der Waals surface area contributed by atoms with Crippen LogP contribution in [0.25, 0.3) is 0 Å². The molecule has 0 amide bonds. The first kappa shape index (κ1) is 17.7. The summed E-state index contributed by atoms with van der Waals surface area (Å²) >= 11 is 0. The van der Waals surface area contributed by atoms with Crippen molar-refractivity contribution in [3.05, 3.63) is 24.8 Å². The number of hydrogen-bond donors (Lipinski definition) is 2. The maximum atomic E-state index is 10.5. The van der Waals surface area contributed by atoms with Crippen LogP contribution >= 0.6 is 0 Å². The normalized spacial score (nSPS) is 10.4. The summed E-state index contributed by atoms with van der Waals surface area (Å²) < 4.78 is 8.66. The highest BCUT2D eigenvalue weighted by molar-refractivity contribution is 5.86. The van der Waals surface area contributed by atoms with Crippen LogP contribution in [0.4, 0.5) is 0 Å². The Labute approximate surface area is 100 Å². The molecule has 0 aliphatic heterocycles. The van der Waals surface area contributed by atoms with Crippen LogP contribution in [0.15, 0.2) is 24.8 Å². The summed E-state index contributed by atoms with van der Waals surface area (Å²) in [6.07, 6.45) is 0.00421. The minimum absolute atomic E-state index is 0.0465. The van der Waals surface area contributed by atoms with Crippen molar-refractivity contribution in [2.24, 2.45) is 0 Å². The van der Waals surface area contributed by atoms with E-state index in [0.29, 0.717) is 0 Å². The molecule has 0 saturated carbocycles. The number of hydrogen-bond acceptors (Lipinski definition) is 6. The first-order chi connectivity index (χ1) is 7.84. The summed E-state index contributed by atoms with van der Waals surface area (Å²) in [6, 6.07) is 0. The molecule has 0 aromatic rings.